The van der Waals surface area contributed by atoms with Crippen LogP contribution >= 0.6 is 0 Å². The minimum Gasteiger partial charge on any atom is -0.497 e. The molecule has 0 saturated carbocycles. The number of carbonyl (C=O) groups is 1. The van der Waals surface area contributed by atoms with E-state index < -0.39 is 0 Å². The number of aromatic nitrogens is 2. The van der Waals surface area contributed by atoms with Crippen molar-refractivity contribution in [2.75, 3.05) is 45.8 Å². The first-order valence-electron chi connectivity index (χ1n) is 8.32. The van der Waals surface area contributed by atoms with E-state index in [1.54, 1.807) is 43.4 Å². The smallest absolute Gasteiger partial charge is 0.272 e. The highest BCUT2D eigenvalue weighted by Gasteiger charge is 2.21. The molecule has 0 spiro atoms. The molecule has 2 aromatic rings. The van der Waals surface area contributed by atoms with Crippen LogP contribution in [-0.4, -0.2) is 61.3 Å². The van der Waals surface area contributed by atoms with Crippen LogP contribution in [0.15, 0.2) is 24.3 Å². The Hall–Kier alpha value is -2.87. The monoisotopic (exact) mass is 358 g/mol. The zero-order valence-electron chi connectivity index (χ0n) is 15.1. The number of ether oxygens (including phenoxy) is 3. The van der Waals surface area contributed by atoms with Gasteiger partial charge in [-0.3, -0.25) is 4.79 Å². The van der Waals surface area contributed by atoms with Crippen LogP contribution in [0.1, 0.15) is 16.2 Å². The standard InChI is InChI=1S/C18H22N4O4/c1-12-10-15(17(23)22-6-8-26-9-7-22)21-18(19-12)20-14-11-13(24-2)4-5-16(14)25-3/h4-5,10-11H,6-9H2,1-3H3,(H,19,20,21). The number of benzene rings is 1. The Labute approximate surface area is 152 Å². The van der Waals surface area contributed by atoms with Gasteiger partial charge in [-0.1, -0.05) is 0 Å². The summed E-state index contributed by atoms with van der Waals surface area (Å²) in [7, 11) is 3.17. The van der Waals surface area contributed by atoms with Gasteiger partial charge in [-0.25, -0.2) is 9.97 Å². The summed E-state index contributed by atoms with van der Waals surface area (Å²) in [6.45, 7) is 4.04. The maximum atomic E-state index is 12.7. The summed E-state index contributed by atoms with van der Waals surface area (Å²) < 4.78 is 15.9. The first kappa shape index (κ1) is 17.9. The molecule has 26 heavy (non-hydrogen) atoms. The topological polar surface area (TPSA) is 85.8 Å². The second kappa shape index (κ2) is 8.01. The van der Waals surface area contributed by atoms with Crippen LogP contribution in [0, 0.1) is 6.92 Å². The van der Waals surface area contributed by atoms with Gasteiger partial charge in [-0.05, 0) is 25.1 Å². The molecule has 1 saturated heterocycles. The predicted molar refractivity (Wildman–Crippen MR) is 96.3 cm³/mol. The van der Waals surface area contributed by atoms with Crippen molar-refractivity contribution >= 4 is 17.5 Å². The van der Waals surface area contributed by atoms with Gasteiger partial charge in [0.25, 0.3) is 5.91 Å². The maximum Gasteiger partial charge on any atom is 0.272 e. The van der Waals surface area contributed by atoms with Gasteiger partial charge in [0.05, 0.1) is 33.1 Å². The number of nitrogens with zero attached hydrogens (tertiary/aromatic N) is 3. The number of morpholine rings is 1. The van der Waals surface area contributed by atoms with Gasteiger partial charge in [-0.15, -0.1) is 0 Å². The van der Waals surface area contributed by atoms with Crippen molar-refractivity contribution in [3.63, 3.8) is 0 Å². The van der Waals surface area contributed by atoms with Crippen molar-refractivity contribution in [3.8, 4) is 11.5 Å². The van der Waals surface area contributed by atoms with E-state index in [1.807, 2.05) is 6.92 Å². The van der Waals surface area contributed by atoms with Gasteiger partial charge < -0.3 is 24.4 Å². The van der Waals surface area contributed by atoms with Crippen LogP contribution in [-0.2, 0) is 4.74 Å². The zero-order chi connectivity index (χ0) is 18.5. The van der Waals surface area contributed by atoms with E-state index in [4.69, 9.17) is 14.2 Å². The molecule has 0 bridgehead atoms. The van der Waals surface area contributed by atoms with E-state index in [1.165, 1.54) is 0 Å². The molecule has 0 radical (unpaired) electrons. The lowest BCUT2D eigenvalue weighted by molar-refractivity contribution is 0.0299. The lowest BCUT2D eigenvalue weighted by atomic mass is 10.2. The van der Waals surface area contributed by atoms with Gasteiger partial charge in [0, 0.05) is 24.8 Å². The summed E-state index contributed by atoms with van der Waals surface area (Å²) in [5.41, 5.74) is 1.70. The molecule has 2 heterocycles. The average Bonchev–Trinajstić information content (AvgIpc) is 2.67. The van der Waals surface area contributed by atoms with E-state index in [-0.39, 0.29) is 5.91 Å². The zero-order valence-corrected chi connectivity index (χ0v) is 15.1. The molecule has 8 heteroatoms. The second-order valence-electron chi connectivity index (χ2n) is 5.81. The Morgan fingerprint density at radius 1 is 1.15 bits per heavy atom. The molecule has 0 atom stereocenters. The van der Waals surface area contributed by atoms with Gasteiger partial charge in [-0.2, -0.15) is 0 Å². The minimum absolute atomic E-state index is 0.126. The van der Waals surface area contributed by atoms with Crippen LogP contribution in [0.2, 0.25) is 0 Å². The van der Waals surface area contributed by atoms with Crippen molar-refractivity contribution in [2.24, 2.45) is 0 Å². The average molecular weight is 358 g/mol. The van der Waals surface area contributed by atoms with Crippen molar-refractivity contribution in [3.05, 3.63) is 35.7 Å². The third-order valence-electron chi connectivity index (χ3n) is 4.02. The van der Waals surface area contributed by atoms with Crippen LogP contribution in [0.5, 0.6) is 11.5 Å². The summed E-state index contributed by atoms with van der Waals surface area (Å²) in [5, 5.41) is 3.11. The first-order chi connectivity index (χ1) is 12.6. The highest BCUT2D eigenvalue weighted by Crippen LogP contribution is 2.30. The lowest BCUT2D eigenvalue weighted by Crippen LogP contribution is -2.41. The molecule has 1 aromatic carbocycles. The molecule has 0 unspecified atom stereocenters. The number of amides is 1. The molecule has 1 aliphatic rings. The number of hydrogen-bond acceptors (Lipinski definition) is 7. The molecule has 1 aromatic heterocycles. The minimum atomic E-state index is -0.126. The fourth-order valence-corrected chi connectivity index (χ4v) is 2.69. The van der Waals surface area contributed by atoms with Gasteiger partial charge in [0.2, 0.25) is 5.95 Å². The lowest BCUT2D eigenvalue weighted by Gasteiger charge is -2.26. The van der Waals surface area contributed by atoms with Gasteiger partial charge in [0.15, 0.2) is 0 Å². The molecule has 8 nitrogen and oxygen atoms in total. The maximum absolute atomic E-state index is 12.7. The van der Waals surface area contributed by atoms with E-state index in [0.717, 1.165) is 0 Å². The summed E-state index contributed by atoms with van der Waals surface area (Å²) >= 11 is 0. The number of nitrogens with one attached hydrogen (secondary N) is 1. The Morgan fingerprint density at radius 2 is 1.92 bits per heavy atom. The highest BCUT2D eigenvalue weighted by atomic mass is 16.5. The Bertz CT molecular complexity index is 791. The van der Waals surface area contributed by atoms with Gasteiger partial charge >= 0.3 is 0 Å². The van der Waals surface area contributed by atoms with E-state index >= 15 is 0 Å². The summed E-state index contributed by atoms with van der Waals surface area (Å²) in [6, 6.07) is 7.06. The van der Waals surface area contributed by atoms with Crippen LogP contribution in [0.4, 0.5) is 11.6 Å². The highest BCUT2D eigenvalue weighted by molar-refractivity contribution is 5.92. The van der Waals surface area contributed by atoms with E-state index in [2.05, 4.69) is 15.3 Å². The Balaban J connectivity index is 1.87. The molecule has 1 amide bonds. The fraction of sp³-hybridized carbons (Fsp3) is 0.389. The number of aryl methyl sites for hydroxylation is 1. The number of methoxy groups -OCH3 is 2. The van der Waals surface area contributed by atoms with Gasteiger partial charge in [0.1, 0.15) is 17.2 Å². The molecule has 1 aliphatic heterocycles. The van der Waals surface area contributed by atoms with Crippen molar-refractivity contribution in [1.82, 2.24) is 14.9 Å². The molecule has 0 aliphatic carbocycles. The van der Waals surface area contributed by atoms with Crippen LogP contribution in [0.3, 0.4) is 0 Å². The third-order valence-corrected chi connectivity index (χ3v) is 4.02. The molecule has 1 N–H and O–H groups in total. The molecular formula is C18H22N4O4. The molecular weight excluding hydrogens is 336 g/mol. The van der Waals surface area contributed by atoms with Crippen LogP contribution < -0.4 is 14.8 Å². The van der Waals surface area contributed by atoms with Crippen molar-refractivity contribution < 1.29 is 19.0 Å². The normalized spacial score (nSPS) is 14.0. The Kier molecular flexibility index (Phi) is 5.52. The summed E-state index contributed by atoms with van der Waals surface area (Å²) in [4.78, 5) is 23.2. The number of hydrogen-bond donors (Lipinski definition) is 1. The SMILES string of the molecule is COc1ccc(OC)c(Nc2nc(C)cc(C(=O)N3CCOCC3)n2)c1. The number of anilines is 2. The molecule has 3 rings (SSSR count). The quantitative estimate of drug-likeness (QED) is 0.875. The second-order valence-corrected chi connectivity index (χ2v) is 5.81. The summed E-state index contributed by atoms with van der Waals surface area (Å²) in [5.74, 6) is 1.50. The van der Waals surface area contributed by atoms with Crippen molar-refractivity contribution in [2.45, 2.75) is 6.92 Å². The van der Waals surface area contributed by atoms with Crippen LogP contribution in [0.25, 0.3) is 0 Å². The molecule has 138 valence electrons. The number of carbonyl (C=O) groups excluding carboxylic acids is 1. The first-order valence-corrected chi connectivity index (χ1v) is 8.32. The fourth-order valence-electron chi connectivity index (χ4n) is 2.69. The number of rotatable bonds is 5. The third kappa shape index (κ3) is 4.02. The Morgan fingerprint density at radius 3 is 2.62 bits per heavy atom. The van der Waals surface area contributed by atoms with E-state index in [0.29, 0.717) is 60.8 Å². The molecule has 1 fully saturated rings. The largest absolute Gasteiger partial charge is 0.497 e. The predicted octanol–water partition coefficient (Wildman–Crippen LogP) is 2.02. The van der Waals surface area contributed by atoms with Crippen molar-refractivity contribution in [1.29, 1.82) is 0 Å². The summed E-state index contributed by atoms with van der Waals surface area (Å²) in [6.07, 6.45) is 0. The van der Waals surface area contributed by atoms with E-state index in [9.17, 15) is 4.79 Å².